The molecule has 0 bridgehead atoms. The molecule has 0 fully saturated rings. The van der Waals surface area contributed by atoms with E-state index in [1.54, 1.807) is 41.4 Å². The molecule has 0 spiro atoms. The van der Waals surface area contributed by atoms with Crippen molar-refractivity contribution in [1.29, 1.82) is 0 Å². The number of nitrogens with one attached hydrogen (secondary N) is 2. The van der Waals surface area contributed by atoms with E-state index < -0.39 is 5.82 Å². The summed E-state index contributed by atoms with van der Waals surface area (Å²) in [5, 5.41) is 5.55. The van der Waals surface area contributed by atoms with Crippen LogP contribution in [0.4, 0.5) is 10.1 Å². The van der Waals surface area contributed by atoms with E-state index in [9.17, 15) is 9.18 Å². The Morgan fingerprint density at radius 3 is 2.74 bits per heavy atom. The van der Waals surface area contributed by atoms with Gasteiger partial charge in [-0.3, -0.25) is 9.78 Å². The summed E-state index contributed by atoms with van der Waals surface area (Å²) in [6, 6.07) is 17.6. The van der Waals surface area contributed by atoms with Crippen LogP contribution in [-0.2, 0) is 11.2 Å². The van der Waals surface area contributed by atoms with Gasteiger partial charge in [-0.1, -0.05) is 43.7 Å². The van der Waals surface area contributed by atoms with Gasteiger partial charge in [-0.05, 0) is 48.2 Å². The number of thioether (sulfide) groups is 1. The number of thiocarbonyl (C=S) groups is 1. The first-order valence-electron chi connectivity index (χ1n) is 11.2. The molecule has 4 rings (SSSR count). The molecule has 0 saturated heterocycles. The van der Waals surface area contributed by atoms with Crippen LogP contribution < -0.4 is 15.4 Å². The van der Waals surface area contributed by atoms with Crippen molar-refractivity contribution in [2.45, 2.75) is 30.4 Å². The van der Waals surface area contributed by atoms with Gasteiger partial charge in [-0.25, -0.2) is 4.39 Å². The number of nitrogens with zero attached hydrogens (tertiary/aromatic N) is 1. The number of fused-ring (bicyclic) bond motifs is 1. The molecule has 0 saturated carbocycles. The maximum Gasteiger partial charge on any atom is 0.230 e. The summed E-state index contributed by atoms with van der Waals surface area (Å²) in [6.45, 7) is 2.17. The topological polar surface area (TPSA) is 63.2 Å². The third kappa shape index (κ3) is 7.00. The second-order valence-corrected chi connectivity index (χ2v) is 10.6. The molecular formula is C26H24FN3O2S3. The number of rotatable bonds is 9. The molecule has 2 heterocycles. The minimum absolute atomic E-state index is 0.0932. The largest absolute Gasteiger partial charge is 0.453 e. The van der Waals surface area contributed by atoms with E-state index in [0.29, 0.717) is 11.4 Å². The highest BCUT2D eigenvalue weighted by Crippen LogP contribution is 2.39. The number of amides is 1. The van der Waals surface area contributed by atoms with Crippen molar-refractivity contribution in [2.24, 2.45) is 0 Å². The third-order valence-corrected chi connectivity index (χ3v) is 7.60. The first kappa shape index (κ1) is 25.1. The summed E-state index contributed by atoms with van der Waals surface area (Å²) in [5.41, 5.74) is 2.12. The van der Waals surface area contributed by atoms with Crippen molar-refractivity contribution in [2.75, 3.05) is 11.1 Å². The zero-order valence-corrected chi connectivity index (χ0v) is 21.5. The van der Waals surface area contributed by atoms with E-state index in [-0.39, 0.29) is 23.2 Å². The van der Waals surface area contributed by atoms with Gasteiger partial charge >= 0.3 is 0 Å². The Labute approximate surface area is 217 Å². The maximum atomic E-state index is 14.8. The van der Waals surface area contributed by atoms with Gasteiger partial charge in [0.2, 0.25) is 5.91 Å². The van der Waals surface area contributed by atoms with Crippen LogP contribution >= 0.6 is 35.3 Å². The van der Waals surface area contributed by atoms with Crippen LogP contribution in [0.5, 0.6) is 11.5 Å². The summed E-state index contributed by atoms with van der Waals surface area (Å²) in [5.74, 6) is 0.907. The molecule has 2 aromatic carbocycles. The van der Waals surface area contributed by atoms with Gasteiger partial charge in [0.05, 0.1) is 20.8 Å². The summed E-state index contributed by atoms with van der Waals surface area (Å²) >= 11 is 8.60. The molecule has 5 nitrogen and oxygen atoms in total. The van der Waals surface area contributed by atoms with Crippen molar-refractivity contribution in [1.82, 2.24) is 10.3 Å². The van der Waals surface area contributed by atoms with Crippen LogP contribution in [0.15, 0.2) is 71.1 Å². The predicted molar refractivity (Wildman–Crippen MR) is 146 cm³/mol. The number of halogens is 1. The van der Waals surface area contributed by atoms with Gasteiger partial charge in [0, 0.05) is 24.0 Å². The van der Waals surface area contributed by atoms with Gasteiger partial charge in [0.1, 0.15) is 5.75 Å². The standard InChI is InChI=1S/C26H24FN3O2S3/c1-2-3-13-34-24-16-20-25(35-24)22(11-12-28-20)32-21-10-9-18(15-19(21)27)29-26(33)30-23(31)14-17-7-5-4-6-8-17/h4-12,15-16H,2-3,13-14H2,1H3,(H2,29,30,31,33). The highest BCUT2D eigenvalue weighted by Gasteiger charge is 2.13. The number of carbonyl (C=O) groups excluding carboxylic acids is 1. The first-order chi connectivity index (χ1) is 17.0. The number of hydrogen-bond donors (Lipinski definition) is 2. The maximum absolute atomic E-state index is 14.8. The molecule has 0 radical (unpaired) electrons. The number of thiophene rings is 1. The van der Waals surface area contributed by atoms with Gasteiger partial charge in [0.15, 0.2) is 16.7 Å². The fraction of sp³-hybridized carbons (Fsp3) is 0.192. The van der Waals surface area contributed by atoms with Gasteiger partial charge < -0.3 is 15.4 Å². The fourth-order valence-corrected chi connectivity index (χ4v) is 5.85. The molecule has 0 unspecified atom stereocenters. The van der Waals surface area contributed by atoms with Crippen molar-refractivity contribution in [3.8, 4) is 11.5 Å². The molecule has 35 heavy (non-hydrogen) atoms. The molecule has 0 aliphatic rings. The number of unbranched alkanes of at least 4 members (excludes halogenated alkanes) is 1. The van der Waals surface area contributed by atoms with E-state index in [1.165, 1.54) is 16.3 Å². The van der Waals surface area contributed by atoms with Gasteiger partial charge in [0.25, 0.3) is 0 Å². The monoisotopic (exact) mass is 525 g/mol. The van der Waals surface area contributed by atoms with Crippen LogP contribution in [0, 0.1) is 5.82 Å². The predicted octanol–water partition coefficient (Wildman–Crippen LogP) is 7.18. The normalized spacial score (nSPS) is 10.8. The van der Waals surface area contributed by atoms with Crippen molar-refractivity contribution in [3.63, 3.8) is 0 Å². The molecule has 180 valence electrons. The minimum Gasteiger partial charge on any atom is -0.453 e. The minimum atomic E-state index is -0.549. The SMILES string of the molecule is CCCCSc1cc2nccc(Oc3ccc(NC(=S)NC(=O)Cc4ccccc4)cc3F)c2s1. The Morgan fingerprint density at radius 1 is 1.14 bits per heavy atom. The molecule has 0 aliphatic carbocycles. The van der Waals surface area contributed by atoms with Crippen LogP contribution in [-0.4, -0.2) is 21.8 Å². The van der Waals surface area contributed by atoms with Gasteiger partial charge in [-0.15, -0.1) is 23.1 Å². The van der Waals surface area contributed by atoms with E-state index in [0.717, 1.165) is 34.4 Å². The van der Waals surface area contributed by atoms with Gasteiger partial charge in [-0.2, -0.15) is 0 Å². The molecule has 2 aromatic heterocycles. The molecule has 4 aromatic rings. The molecule has 9 heteroatoms. The number of anilines is 1. The van der Waals surface area contributed by atoms with Crippen LogP contribution in [0.25, 0.3) is 10.2 Å². The zero-order valence-electron chi connectivity index (χ0n) is 19.0. The third-order valence-electron chi connectivity index (χ3n) is 4.97. The Morgan fingerprint density at radius 2 is 1.97 bits per heavy atom. The second-order valence-electron chi connectivity index (χ2n) is 7.70. The van der Waals surface area contributed by atoms with E-state index in [1.807, 2.05) is 36.4 Å². The lowest BCUT2D eigenvalue weighted by molar-refractivity contribution is -0.119. The number of hydrogen-bond acceptors (Lipinski definition) is 6. The number of aromatic nitrogens is 1. The van der Waals surface area contributed by atoms with Crippen molar-refractivity contribution >= 4 is 62.2 Å². The lowest BCUT2D eigenvalue weighted by Gasteiger charge is -2.12. The average molecular weight is 526 g/mol. The Kier molecular flexibility index (Phi) is 8.68. The lowest BCUT2D eigenvalue weighted by Crippen LogP contribution is -2.35. The molecular weight excluding hydrogens is 502 g/mol. The van der Waals surface area contributed by atoms with E-state index in [2.05, 4.69) is 22.5 Å². The number of benzene rings is 2. The summed E-state index contributed by atoms with van der Waals surface area (Å²) in [6.07, 6.45) is 4.17. The smallest absolute Gasteiger partial charge is 0.230 e. The second kappa shape index (κ2) is 12.1. The lowest BCUT2D eigenvalue weighted by atomic mass is 10.1. The molecule has 0 atom stereocenters. The highest BCUT2D eigenvalue weighted by atomic mass is 32.2. The van der Waals surface area contributed by atoms with Crippen LogP contribution in [0.3, 0.4) is 0 Å². The van der Waals surface area contributed by atoms with E-state index in [4.69, 9.17) is 17.0 Å². The van der Waals surface area contributed by atoms with Crippen molar-refractivity contribution < 1.29 is 13.9 Å². The van der Waals surface area contributed by atoms with E-state index >= 15 is 0 Å². The zero-order chi connectivity index (χ0) is 24.6. The molecule has 1 amide bonds. The highest BCUT2D eigenvalue weighted by molar-refractivity contribution is 8.01. The van der Waals surface area contributed by atoms with Crippen LogP contribution in [0.2, 0.25) is 0 Å². The Hall–Kier alpha value is -3.01. The average Bonchev–Trinajstić information content (AvgIpc) is 3.25. The van der Waals surface area contributed by atoms with Crippen LogP contribution in [0.1, 0.15) is 25.3 Å². The quantitative estimate of drug-likeness (QED) is 0.137. The summed E-state index contributed by atoms with van der Waals surface area (Å²) in [4.78, 5) is 16.6. The number of pyridine rings is 1. The van der Waals surface area contributed by atoms with Crippen molar-refractivity contribution in [3.05, 3.63) is 78.2 Å². The summed E-state index contributed by atoms with van der Waals surface area (Å²) < 4.78 is 22.8. The Balaban J connectivity index is 1.39. The first-order valence-corrected chi connectivity index (χ1v) is 13.4. The Bertz CT molecular complexity index is 1330. The number of carbonyl (C=O) groups is 1. The summed E-state index contributed by atoms with van der Waals surface area (Å²) in [7, 11) is 0. The fourth-order valence-electron chi connectivity index (χ4n) is 3.26. The number of ether oxygens (including phenoxy) is 1. The molecule has 2 N–H and O–H groups in total. The molecule has 0 aliphatic heterocycles.